The van der Waals surface area contributed by atoms with Gasteiger partial charge >= 0.3 is 0 Å². The third-order valence-corrected chi connectivity index (χ3v) is 3.68. The first-order valence-corrected chi connectivity index (χ1v) is 7.31. The Morgan fingerprint density at radius 1 is 1.00 bits per heavy atom. The van der Waals surface area contributed by atoms with E-state index in [9.17, 15) is 4.79 Å². The second kappa shape index (κ2) is 5.62. The molecule has 7 heteroatoms. The fourth-order valence-electron chi connectivity index (χ4n) is 2.45. The third-order valence-electron chi connectivity index (χ3n) is 3.68. The van der Waals surface area contributed by atoms with Crippen LogP contribution in [0.5, 0.6) is 5.75 Å². The fraction of sp³-hybridized carbons (Fsp3) is 0.0588. The number of methoxy groups -OCH3 is 1. The summed E-state index contributed by atoms with van der Waals surface area (Å²) in [5.41, 5.74) is 2.02. The highest BCUT2D eigenvalue weighted by Crippen LogP contribution is 2.15. The largest absolute Gasteiger partial charge is 0.497 e. The van der Waals surface area contributed by atoms with E-state index in [2.05, 4.69) is 15.4 Å². The fourth-order valence-corrected chi connectivity index (χ4v) is 2.45. The van der Waals surface area contributed by atoms with Gasteiger partial charge in [0.25, 0.3) is 0 Å². The molecule has 0 bridgehead atoms. The van der Waals surface area contributed by atoms with Crippen molar-refractivity contribution >= 4 is 11.0 Å². The molecule has 0 aliphatic heterocycles. The summed E-state index contributed by atoms with van der Waals surface area (Å²) in [4.78, 5) is 12.3. The Bertz CT molecular complexity index is 1070. The normalized spacial score (nSPS) is 10.9. The lowest BCUT2D eigenvalue weighted by molar-refractivity contribution is 0.414. The monoisotopic (exact) mass is 319 g/mol. The first kappa shape index (κ1) is 14.1. The van der Waals surface area contributed by atoms with Crippen LogP contribution in [0, 0.1) is 0 Å². The summed E-state index contributed by atoms with van der Waals surface area (Å²) in [7, 11) is 1.61. The van der Waals surface area contributed by atoms with E-state index in [1.807, 2.05) is 48.5 Å². The molecule has 0 aliphatic carbocycles. The van der Waals surface area contributed by atoms with Crippen molar-refractivity contribution in [1.82, 2.24) is 24.8 Å². The van der Waals surface area contributed by atoms with Gasteiger partial charge in [0.15, 0.2) is 0 Å². The van der Waals surface area contributed by atoms with Gasteiger partial charge in [0.1, 0.15) is 11.3 Å². The van der Waals surface area contributed by atoms with Gasteiger partial charge in [0.05, 0.1) is 18.3 Å². The zero-order valence-electron chi connectivity index (χ0n) is 12.8. The Morgan fingerprint density at radius 2 is 1.79 bits per heavy atom. The third kappa shape index (κ3) is 2.32. The molecule has 0 atom stereocenters. The van der Waals surface area contributed by atoms with Crippen LogP contribution in [0.4, 0.5) is 0 Å². The number of aromatic nitrogens is 5. The van der Waals surface area contributed by atoms with E-state index in [4.69, 9.17) is 4.74 Å². The van der Waals surface area contributed by atoms with Gasteiger partial charge < -0.3 is 4.74 Å². The molecule has 4 aromatic rings. The van der Waals surface area contributed by atoms with Crippen LogP contribution in [-0.4, -0.2) is 31.9 Å². The number of rotatable bonds is 3. The average Bonchev–Trinajstić information content (AvgIpc) is 3.06. The van der Waals surface area contributed by atoms with Gasteiger partial charge in [-0.2, -0.15) is 4.68 Å². The van der Waals surface area contributed by atoms with Crippen molar-refractivity contribution in [1.29, 1.82) is 0 Å². The second-order valence-corrected chi connectivity index (χ2v) is 5.14. The lowest BCUT2D eigenvalue weighted by atomic mass is 10.3. The topological polar surface area (TPSA) is 74.8 Å². The predicted octanol–water partition coefficient (Wildman–Crippen LogP) is 1.97. The van der Waals surface area contributed by atoms with E-state index >= 15 is 0 Å². The molecular formula is C17H13N5O2. The number of hydrogen-bond acceptors (Lipinski definition) is 5. The Kier molecular flexibility index (Phi) is 3.31. The molecule has 2 aromatic heterocycles. The lowest BCUT2D eigenvalue weighted by Gasteiger charge is -2.08. The molecule has 7 nitrogen and oxygen atoms in total. The van der Waals surface area contributed by atoms with Gasteiger partial charge in [-0.3, -0.25) is 4.79 Å². The molecule has 0 fully saturated rings. The molecular weight excluding hydrogens is 306 g/mol. The summed E-state index contributed by atoms with van der Waals surface area (Å²) < 4.78 is 8.23. The van der Waals surface area contributed by atoms with Crippen molar-refractivity contribution < 1.29 is 4.74 Å². The van der Waals surface area contributed by atoms with E-state index in [-0.39, 0.29) is 11.2 Å². The Hall–Kier alpha value is -3.48. The van der Waals surface area contributed by atoms with Crippen molar-refractivity contribution in [3.63, 3.8) is 0 Å². The van der Waals surface area contributed by atoms with Crippen molar-refractivity contribution in [3.05, 3.63) is 71.0 Å². The molecule has 4 rings (SSSR count). The number of nitrogens with zero attached hydrogens (tertiary/aromatic N) is 5. The zero-order valence-corrected chi connectivity index (χ0v) is 12.8. The van der Waals surface area contributed by atoms with Crippen LogP contribution in [-0.2, 0) is 0 Å². The average molecular weight is 319 g/mol. The molecule has 0 saturated carbocycles. The van der Waals surface area contributed by atoms with Crippen molar-refractivity contribution in [2.45, 2.75) is 0 Å². The van der Waals surface area contributed by atoms with Gasteiger partial charge in [-0.1, -0.05) is 17.3 Å². The van der Waals surface area contributed by atoms with E-state index in [1.54, 1.807) is 18.0 Å². The number of para-hydroxylation sites is 1. The van der Waals surface area contributed by atoms with Crippen molar-refractivity contribution in [3.8, 4) is 17.3 Å². The van der Waals surface area contributed by atoms with E-state index in [0.29, 0.717) is 5.52 Å². The van der Waals surface area contributed by atoms with Gasteiger partial charge in [-0.15, -0.1) is 10.2 Å². The molecule has 0 N–H and O–H groups in total. The van der Waals surface area contributed by atoms with E-state index in [0.717, 1.165) is 17.0 Å². The summed E-state index contributed by atoms with van der Waals surface area (Å²) in [6.45, 7) is 0. The molecule has 0 aliphatic rings. The second-order valence-electron chi connectivity index (χ2n) is 5.14. The Labute approximate surface area is 136 Å². The smallest absolute Gasteiger partial charge is 0.226 e. The molecule has 24 heavy (non-hydrogen) atoms. The van der Waals surface area contributed by atoms with Gasteiger partial charge in [-0.25, -0.2) is 4.68 Å². The zero-order chi connectivity index (χ0) is 16.5. The van der Waals surface area contributed by atoms with Gasteiger partial charge in [0.2, 0.25) is 11.2 Å². The molecule has 2 aromatic carbocycles. The summed E-state index contributed by atoms with van der Waals surface area (Å²) in [6, 6.07) is 16.3. The predicted molar refractivity (Wildman–Crippen MR) is 88.8 cm³/mol. The Morgan fingerprint density at radius 3 is 2.58 bits per heavy atom. The molecule has 0 amide bonds. The first-order valence-electron chi connectivity index (χ1n) is 7.31. The van der Waals surface area contributed by atoms with Crippen LogP contribution >= 0.6 is 0 Å². The first-order chi connectivity index (χ1) is 11.8. The summed E-state index contributed by atoms with van der Waals surface area (Å²) in [5.74, 6) is 0.948. The van der Waals surface area contributed by atoms with Crippen LogP contribution in [0.25, 0.3) is 22.5 Å². The van der Waals surface area contributed by atoms with Crippen LogP contribution in [0.2, 0.25) is 0 Å². The molecule has 0 saturated heterocycles. The number of benzene rings is 2. The molecule has 0 spiro atoms. The van der Waals surface area contributed by atoms with Crippen LogP contribution in [0.3, 0.4) is 0 Å². The molecule has 0 radical (unpaired) electrons. The highest BCUT2D eigenvalue weighted by molar-refractivity contribution is 5.75. The van der Waals surface area contributed by atoms with Gasteiger partial charge in [-0.05, 0) is 36.4 Å². The summed E-state index contributed by atoms with van der Waals surface area (Å²) in [6.07, 6.45) is 1.62. The highest BCUT2D eigenvalue weighted by atomic mass is 16.5. The summed E-state index contributed by atoms with van der Waals surface area (Å²) in [5, 5.41) is 12.5. The minimum Gasteiger partial charge on any atom is -0.497 e. The maximum absolute atomic E-state index is 12.3. The highest BCUT2D eigenvalue weighted by Gasteiger charge is 2.11. The maximum atomic E-state index is 12.3. The summed E-state index contributed by atoms with van der Waals surface area (Å²) >= 11 is 0. The Balaban J connectivity index is 1.86. The van der Waals surface area contributed by atoms with Crippen LogP contribution in [0.15, 0.2) is 65.6 Å². The van der Waals surface area contributed by atoms with Crippen LogP contribution in [0.1, 0.15) is 0 Å². The number of fused-ring (bicyclic) bond motifs is 1. The van der Waals surface area contributed by atoms with Crippen LogP contribution < -0.4 is 10.2 Å². The number of hydrogen-bond donors (Lipinski definition) is 0. The maximum Gasteiger partial charge on any atom is 0.226 e. The molecule has 118 valence electrons. The lowest BCUT2D eigenvalue weighted by Crippen LogP contribution is -2.18. The minimum absolute atomic E-state index is 0.196. The minimum atomic E-state index is -0.226. The molecule has 2 heterocycles. The quantitative estimate of drug-likeness (QED) is 0.577. The molecule has 0 unspecified atom stereocenters. The standard InChI is InChI=1S/C17H13N5O2/c1-24-13-8-6-12(7-9-13)21-11-10-16(23)17(19-21)22-15-5-3-2-4-14(15)18-20-22/h2-11H,1H3. The van der Waals surface area contributed by atoms with E-state index in [1.165, 1.54) is 10.7 Å². The number of ether oxygens (including phenoxy) is 1. The van der Waals surface area contributed by atoms with Crippen molar-refractivity contribution in [2.75, 3.05) is 7.11 Å². The van der Waals surface area contributed by atoms with Crippen molar-refractivity contribution in [2.24, 2.45) is 0 Å². The van der Waals surface area contributed by atoms with E-state index < -0.39 is 0 Å². The van der Waals surface area contributed by atoms with Gasteiger partial charge in [0, 0.05) is 12.3 Å². The SMILES string of the molecule is COc1ccc(-n2ccc(=O)c(-n3nnc4ccccc43)n2)cc1.